The van der Waals surface area contributed by atoms with Gasteiger partial charge >= 0.3 is 0 Å². The van der Waals surface area contributed by atoms with Gasteiger partial charge < -0.3 is 5.32 Å². The van der Waals surface area contributed by atoms with Gasteiger partial charge in [-0.1, -0.05) is 6.92 Å². The predicted octanol–water partition coefficient (Wildman–Crippen LogP) is 3.05. The van der Waals surface area contributed by atoms with Crippen LogP contribution in [0.3, 0.4) is 0 Å². The Morgan fingerprint density at radius 3 is 2.96 bits per heavy atom. The number of nitro benzene ring substituents is 1. The molecule has 2 unspecified atom stereocenters. The van der Waals surface area contributed by atoms with E-state index in [4.69, 9.17) is 0 Å². The number of hydrogen-bond acceptors (Lipinski definition) is 4. The molecule has 1 fully saturated rings. The minimum absolute atomic E-state index is 0.0616. The number of nitrogens with zero attached hydrogens (tertiary/aromatic N) is 2. The van der Waals surface area contributed by atoms with E-state index in [1.165, 1.54) is 25.0 Å². The summed E-state index contributed by atoms with van der Waals surface area (Å²) < 4.78 is 0.713. The van der Waals surface area contributed by atoms with E-state index >= 15 is 0 Å². The molecule has 0 aromatic heterocycles. The zero-order valence-corrected chi connectivity index (χ0v) is 15.6. The first kappa shape index (κ1) is 18.1. The summed E-state index contributed by atoms with van der Waals surface area (Å²) in [6.45, 7) is 7.03. The summed E-state index contributed by atoms with van der Waals surface area (Å²) in [4.78, 5) is 25.1. The van der Waals surface area contributed by atoms with E-state index in [-0.39, 0.29) is 17.6 Å². The first-order valence-corrected chi connectivity index (χ1v) is 8.92. The molecule has 0 spiro atoms. The van der Waals surface area contributed by atoms with Crippen molar-refractivity contribution in [3.05, 3.63) is 37.4 Å². The van der Waals surface area contributed by atoms with Crippen molar-refractivity contribution >= 4 is 34.2 Å². The molecule has 7 heteroatoms. The molecule has 0 radical (unpaired) electrons. The zero-order chi connectivity index (χ0) is 17.0. The van der Waals surface area contributed by atoms with E-state index < -0.39 is 4.92 Å². The molecule has 1 aliphatic rings. The Morgan fingerprint density at radius 1 is 1.57 bits per heavy atom. The smallest absolute Gasteiger partial charge is 0.270 e. The van der Waals surface area contributed by atoms with E-state index in [9.17, 15) is 14.9 Å². The van der Waals surface area contributed by atoms with Crippen LogP contribution in [0.5, 0.6) is 0 Å². The number of nitrogens with one attached hydrogen (secondary N) is 1. The molecular formula is C16H22IN3O3. The van der Waals surface area contributed by atoms with Gasteiger partial charge in [0.1, 0.15) is 0 Å². The minimum atomic E-state index is -0.482. The lowest BCUT2D eigenvalue weighted by molar-refractivity contribution is -0.384. The van der Waals surface area contributed by atoms with Crippen molar-refractivity contribution in [3.8, 4) is 0 Å². The number of amides is 1. The molecular weight excluding hydrogens is 409 g/mol. The molecule has 1 N–H and O–H groups in total. The second kappa shape index (κ2) is 8.05. The molecule has 23 heavy (non-hydrogen) atoms. The minimum Gasteiger partial charge on any atom is -0.350 e. The number of non-ortho nitro benzene ring substituents is 1. The molecule has 6 nitrogen and oxygen atoms in total. The summed E-state index contributed by atoms with van der Waals surface area (Å²) >= 11 is 2.02. The SMILES string of the molecule is CC1CCCN(C(C)CNC(=O)c2cc([N+](=O)[O-])ccc2I)C1. The van der Waals surface area contributed by atoms with Crippen LogP contribution >= 0.6 is 22.6 Å². The van der Waals surface area contributed by atoms with Gasteiger partial charge in [0.05, 0.1) is 10.5 Å². The fraction of sp³-hybridized carbons (Fsp3) is 0.562. The number of carbonyl (C=O) groups is 1. The van der Waals surface area contributed by atoms with Crippen LogP contribution < -0.4 is 5.32 Å². The predicted molar refractivity (Wildman–Crippen MR) is 97.6 cm³/mol. The van der Waals surface area contributed by atoms with Gasteiger partial charge in [0, 0.05) is 34.8 Å². The van der Waals surface area contributed by atoms with Crippen LogP contribution in [0, 0.1) is 19.6 Å². The number of piperidine rings is 1. The first-order valence-electron chi connectivity index (χ1n) is 7.84. The second-order valence-corrected chi connectivity index (χ2v) is 7.38. The molecule has 0 bridgehead atoms. The summed E-state index contributed by atoms with van der Waals surface area (Å²) in [5.74, 6) is 0.439. The third-order valence-electron chi connectivity index (χ3n) is 4.28. The van der Waals surface area contributed by atoms with Gasteiger partial charge in [-0.2, -0.15) is 0 Å². The normalized spacial score (nSPS) is 20.0. The van der Waals surface area contributed by atoms with Gasteiger partial charge in [-0.15, -0.1) is 0 Å². The Hall–Kier alpha value is -1.22. The topological polar surface area (TPSA) is 75.5 Å². The van der Waals surface area contributed by atoms with Crippen molar-refractivity contribution in [2.45, 2.75) is 32.7 Å². The fourth-order valence-corrected chi connectivity index (χ4v) is 3.47. The van der Waals surface area contributed by atoms with Crippen LogP contribution in [-0.4, -0.2) is 41.4 Å². The maximum atomic E-state index is 12.3. The Labute approximate surface area is 149 Å². The molecule has 2 rings (SSSR count). The molecule has 1 amide bonds. The fourth-order valence-electron chi connectivity index (χ4n) is 2.89. The molecule has 126 valence electrons. The first-order chi connectivity index (χ1) is 10.9. The van der Waals surface area contributed by atoms with Crippen LogP contribution in [0.2, 0.25) is 0 Å². The molecule has 1 aromatic rings. The number of hydrogen-bond donors (Lipinski definition) is 1. The monoisotopic (exact) mass is 431 g/mol. The third-order valence-corrected chi connectivity index (χ3v) is 5.22. The number of halogens is 1. The highest BCUT2D eigenvalue weighted by Gasteiger charge is 2.22. The Balaban J connectivity index is 1.96. The molecule has 2 atom stereocenters. The second-order valence-electron chi connectivity index (χ2n) is 6.22. The number of likely N-dealkylation sites (tertiary alicyclic amines) is 1. The molecule has 0 saturated carbocycles. The number of nitro groups is 1. The van der Waals surface area contributed by atoms with Gasteiger partial charge in [0.25, 0.3) is 11.6 Å². The maximum absolute atomic E-state index is 12.3. The van der Waals surface area contributed by atoms with Crippen molar-refractivity contribution in [1.82, 2.24) is 10.2 Å². The summed E-state index contributed by atoms with van der Waals surface area (Å²) in [5.41, 5.74) is 0.299. The number of benzene rings is 1. The highest BCUT2D eigenvalue weighted by Crippen LogP contribution is 2.20. The average molecular weight is 431 g/mol. The molecule has 0 aliphatic carbocycles. The van der Waals surface area contributed by atoms with Crippen molar-refractivity contribution in [2.75, 3.05) is 19.6 Å². The Kier molecular flexibility index (Phi) is 6.34. The maximum Gasteiger partial charge on any atom is 0.270 e. The number of rotatable bonds is 5. The quantitative estimate of drug-likeness (QED) is 0.442. The van der Waals surface area contributed by atoms with Crippen molar-refractivity contribution in [2.24, 2.45) is 5.92 Å². The van der Waals surface area contributed by atoms with Gasteiger partial charge in [-0.3, -0.25) is 19.8 Å². The third kappa shape index (κ3) is 4.87. The summed E-state index contributed by atoms with van der Waals surface area (Å²) in [7, 11) is 0. The van der Waals surface area contributed by atoms with E-state index in [2.05, 4.69) is 24.1 Å². The molecule has 1 heterocycles. The standard InChI is InChI=1S/C16H22IN3O3/c1-11-4-3-7-19(10-11)12(2)9-18-16(21)14-8-13(20(22)23)5-6-15(14)17/h5-6,8,11-12H,3-4,7,9-10H2,1-2H3,(H,18,21). The van der Waals surface area contributed by atoms with Crippen LogP contribution in [0.25, 0.3) is 0 Å². The van der Waals surface area contributed by atoms with E-state index in [0.29, 0.717) is 21.6 Å². The number of carbonyl (C=O) groups excluding carboxylic acids is 1. The Bertz CT molecular complexity index is 594. The van der Waals surface area contributed by atoms with E-state index in [1.807, 2.05) is 22.6 Å². The van der Waals surface area contributed by atoms with Crippen molar-refractivity contribution in [3.63, 3.8) is 0 Å². The summed E-state index contributed by atoms with van der Waals surface area (Å²) in [6, 6.07) is 4.61. The lowest BCUT2D eigenvalue weighted by Crippen LogP contribution is -2.46. The van der Waals surface area contributed by atoms with Crippen molar-refractivity contribution in [1.29, 1.82) is 0 Å². The van der Waals surface area contributed by atoms with Gasteiger partial charge in [0.15, 0.2) is 0 Å². The lowest BCUT2D eigenvalue weighted by atomic mass is 9.99. The van der Waals surface area contributed by atoms with E-state index in [1.54, 1.807) is 6.07 Å². The van der Waals surface area contributed by atoms with Crippen LogP contribution in [0.15, 0.2) is 18.2 Å². The van der Waals surface area contributed by atoms with Crippen LogP contribution in [-0.2, 0) is 0 Å². The van der Waals surface area contributed by atoms with Gasteiger partial charge in [0.2, 0.25) is 0 Å². The highest BCUT2D eigenvalue weighted by molar-refractivity contribution is 14.1. The molecule has 1 aliphatic heterocycles. The zero-order valence-electron chi connectivity index (χ0n) is 13.4. The Morgan fingerprint density at radius 2 is 2.30 bits per heavy atom. The van der Waals surface area contributed by atoms with E-state index in [0.717, 1.165) is 13.1 Å². The highest BCUT2D eigenvalue weighted by atomic mass is 127. The summed E-state index contributed by atoms with van der Waals surface area (Å²) in [6.07, 6.45) is 2.46. The van der Waals surface area contributed by atoms with Crippen LogP contribution in [0.1, 0.15) is 37.0 Å². The lowest BCUT2D eigenvalue weighted by Gasteiger charge is -2.35. The van der Waals surface area contributed by atoms with Gasteiger partial charge in [-0.05, 0) is 60.9 Å². The van der Waals surface area contributed by atoms with Crippen molar-refractivity contribution < 1.29 is 9.72 Å². The molecule has 1 aromatic carbocycles. The van der Waals surface area contributed by atoms with Crippen LogP contribution in [0.4, 0.5) is 5.69 Å². The summed E-state index contributed by atoms with van der Waals surface area (Å²) in [5, 5.41) is 13.8. The van der Waals surface area contributed by atoms with Gasteiger partial charge in [-0.25, -0.2) is 0 Å². The molecule has 1 saturated heterocycles. The average Bonchev–Trinajstić information content (AvgIpc) is 2.52. The largest absolute Gasteiger partial charge is 0.350 e.